The van der Waals surface area contributed by atoms with Crippen LogP contribution in [0.25, 0.3) is 0 Å². The molecule has 0 saturated carbocycles. The number of carbonyl (C=O) groups is 3. The van der Waals surface area contributed by atoms with E-state index in [4.69, 9.17) is 14.2 Å². The largest absolute Gasteiger partial charge is 0.462 e. The summed E-state index contributed by atoms with van der Waals surface area (Å²) in [6.45, 7) is 6.20. The van der Waals surface area contributed by atoms with Gasteiger partial charge in [0.15, 0.2) is 6.10 Å². The third kappa shape index (κ3) is 46.7. The molecule has 0 saturated heterocycles. The summed E-state index contributed by atoms with van der Waals surface area (Å²) in [5, 5.41) is 0. The van der Waals surface area contributed by atoms with Crippen molar-refractivity contribution in [3.05, 3.63) is 122 Å². The zero-order chi connectivity index (χ0) is 44.4. The van der Waals surface area contributed by atoms with Gasteiger partial charge in [-0.15, -0.1) is 0 Å². The Balaban J connectivity index is 4.56. The molecule has 0 rings (SSSR count). The zero-order valence-electron chi connectivity index (χ0n) is 38.9. The summed E-state index contributed by atoms with van der Waals surface area (Å²) in [6.07, 6.45) is 66.3. The molecule has 0 bridgehead atoms. The van der Waals surface area contributed by atoms with E-state index in [1.54, 1.807) is 0 Å². The van der Waals surface area contributed by atoms with Crippen molar-refractivity contribution in [2.75, 3.05) is 13.2 Å². The minimum atomic E-state index is -0.844. The number of hydrogen-bond acceptors (Lipinski definition) is 6. The van der Waals surface area contributed by atoms with Crippen molar-refractivity contribution in [2.24, 2.45) is 0 Å². The fourth-order valence-electron chi connectivity index (χ4n) is 6.15. The minimum Gasteiger partial charge on any atom is -0.462 e. The molecule has 0 amide bonds. The van der Waals surface area contributed by atoms with Crippen LogP contribution >= 0.6 is 0 Å². The summed E-state index contributed by atoms with van der Waals surface area (Å²) in [5.41, 5.74) is 0. The predicted octanol–water partition coefficient (Wildman–Crippen LogP) is 15.7. The molecular weight excluding hydrogens is 757 g/mol. The lowest BCUT2D eigenvalue weighted by atomic mass is 10.0. The Kier molecular flexibility index (Phi) is 45.1. The summed E-state index contributed by atoms with van der Waals surface area (Å²) in [5.74, 6) is -1.09. The third-order valence-electron chi connectivity index (χ3n) is 9.72. The van der Waals surface area contributed by atoms with Crippen LogP contribution in [-0.4, -0.2) is 37.2 Å². The first-order valence-corrected chi connectivity index (χ1v) is 24.2. The van der Waals surface area contributed by atoms with Gasteiger partial charge < -0.3 is 14.2 Å². The maximum atomic E-state index is 12.7. The fourth-order valence-corrected chi connectivity index (χ4v) is 6.15. The van der Waals surface area contributed by atoms with Crippen molar-refractivity contribution in [1.82, 2.24) is 0 Å². The van der Waals surface area contributed by atoms with Crippen LogP contribution in [0.5, 0.6) is 0 Å². The molecule has 1 atom stereocenters. The highest BCUT2D eigenvalue weighted by Crippen LogP contribution is 2.15. The molecule has 0 aliphatic rings. The Morgan fingerprint density at radius 3 is 1.00 bits per heavy atom. The fraction of sp³-hybridized carbons (Fsp3) is 0.582. The number of allylic oxidation sites excluding steroid dienone is 20. The van der Waals surface area contributed by atoms with Gasteiger partial charge in [-0.1, -0.05) is 245 Å². The van der Waals surface area contributed by atoms with Gasteiger partial charge in [-0.05, 0) is 44.9 Å². The van der Waals surface area contributed by atoms with Gasteiger partial charge in [0.25, 0.3) is 0 Å². The average molecular weight is 843 g/mol. The lowest BCUT2D eigenvalue weighted by molar-refractivity contribution is -0.167. The SMILES string of the molecule is CC\C=C/C=C\C=C/C=C\C=C/CCCC(=O)OCC(COC(=O)CCCCCCCCCCCCCCCCCCC)OC(=O)CCC\C=C/C=C\C=C/C=C\C=C/CC. The third-order valence-corrected chi connectivity index (χ3v) is 9.72. The van der Waals surface area contributed by atoms with Crippen LogP contribution in [0, 0.1) is 0 Å². The second-order valence-electron chi connectivity index (χ2n) is 15.5. The first-order valence-electron chi connectivity index (χ1n) is 24.2. The molecule has 0 heterocycles. The Morgan fingerprint density at radius 1 is 0.344 bits per heavy atom. The van der Waals surface area contributed by atoms with Crippen molar-refractivity contribution in [2.45, 2.75) is 194 Å². The van der Waals surface area contributed by atoms with Crippen molar-refractivity contribution >= 4 is 17.9 Å². The number of ether oxygens (including phenoxy) is 3. The monoisotopic (exact) mass is 843 g/mol. The van der Waals surface area contributed by atoms with Gasteiger partial charge in [0.1, 0.15) is 13.2 Å². The summed E-state index contributed by atoms with van der Waals surface area (Å²) >= 11 is 0. The molecular formula is C55H86O6. The number of unbranched alkanes of at least 4 members (excludes halogenated alkanes) is 18. The number of hydrogen-bond donors (Lipinski definition) is 0. The summed E-state index contributed by atoms with van der Waals surface area (Å²) in [6, 6.07) is 0. The predicted molar refractivity (Wildman–Crippen MR) is 260 cm³/mol. The van der Waals surface area contributed by atoms with Crippen LogP contribution in [0.3, 0.4) is 0 Å². The van der Waals surface area contributed by atoms with Gasteiger partial charge in [-0.25, -0.2) is 0 Å². The van der Waals surface area contributed by atoms with Crippen molar-refractivity contribution in [1.29, 1.82) is 0 Å². The first-order chi connectivity index (χ1) is 30.0. The second kappa shape index (κ2) is 48.5. The topological polar surface area (TPSA) is 78.9 Å². The van der Waals surface area contributed by atoms with E-state index in [1.165, 1.54) is 89.9 Å². The van der Waals surface area contributed by atoms with Crippen LogP contribution in [0.2, 0.25) is 0 Å². The van der Waals surface area contributed by atoms with Crippen LogP contribution < -0.4 is 0 Å². The van der Waals surface area contributed by atoms with Gasteiger partial charge in [0, 0.05) is 19.3 Å². The molecule has 0 aliphatic carbocycles. The summed E-state index contributed by atoms with van der Waals surface area (Å²) in [4.78, 5) is 37.8. The average Bonchev–Trinajstić information content (AvgIpc) is 3.26. The molecule has 0 aromatic heterocycles. The molecule has 6 heteroatoms. The Bertz CT molecular complexity index is 1340. The lowest BCUT2D eigenvalue weighted by Crippen LogP contribution is -2.30. The maximum Gasteiger partial charge on any atom is 0.306 e. The molecule has 342 valence electrons. The molecule has 61 heavy (non-hydrogen) atoms. The highest BCUT2D eigenvalue weighted by molar-refractivity contribution is 5.71. The Hall–Kier alpha value is -4.19. The van der Waals surface area contributed by atoms with E-state index >= 15 is 0 Å². The lowest BCUT2D eigenvalue weighted by Gasteiger charge is -2.18. The van der Waals surface area contributed by atoms with Gasteiger partial charge in [0.2, 0.25) is 0 Å². The number of rotatable bonds is 41. The van der Waals surface area contributed by atoms with Gasteiger partial charge >= 0.3 is 17.9 Å². The van der Waals surface area contributed by atoms with E-state index < -0.39 is 12.1 Å². The van der Waals surface area contributed by atoms with Crippen molar-refractivity contribution < 1.29 is 28.6 Å². The Morgan fingerprint density at radius 2 is 0.639 bits per heavy atom. The number of carbonyl (C=O) groups excluding carboxylic acids is 3. The molecule has 0 aliphatic heterocycles. The molecule has 0 fully saturated rings. The van der Waals surface area contributed by atoms with E-state index in [0.717, 1.165) is 38.5 Å². The summed E-state index contributed by atoms with van der Waals surface area (Å²) in [7, 11) is 0. The Labute approximate surface area is 373 Å². The van der Waals surface area contributed by atoms with Crippen molar-refractivity contribution in [3.8, 4) is 0 Å². The standard InChI is InChI=1S/C55H86O6/c1-4-7-10-13-16-19-22-25-26-27-28-31-33-36-39-42-45-48-54(57)60-51-52(61-55(58)49-46-43-40-37-34-30-24-21-18-15-12-9-6-3)50-59-53(56)47-44-41-38-35-32-29-23-20-17-14-11-8-5-2/h8-9,11-12,14-15,17-18,20-21,23-24,29-30,32,34-35,37-38,40,52H,4-7,10,13,16,19,22,25-28,31,33,36,39,41-51H2,1-3H3/b11-8-,12-9-,17-14-,18-15-,23-20-,24-21-,32-29-,34-30-,38-35-,40-37-. The first kappa shape index (κ1) is 56.8. The van der Waals surface area contributed by atoms with E-state index in [2.05, 4.69) is 32.9 Å². The van der Waals surface area contributed by atoms with Gasteiger partial charge in [-0.2, -0.15) is 0 Å². The van der Waals surface area contributed by atoms with Crippen LogP contribution in [0.15, 0.2) is 122 Å². The molecule has 0 aromatic carbocycles. The quantitative estimate of drug-likeness (QED) is 0.0264. The van der Waals surface area contributed by atoms with E-state index in [-0.39, 0.29) is 38.0 Å². The van der Waals surface area contributed by atoms with Crippen molar-refractivity contribution in [3.63, 3.8) is 0 Å². The molecule has 0 spiro atoms. The molecule has 0 radical (unpaired) electrons. The molecule has 1 unspecified atom stereocenters. The zero-order valence-corrected chi connectivity index (χ0v) is 38.9. The van der Waals surface area contributed by atoms with E-state index in [0.29, 0.717) is 25.7 Å². The second-order valence-corrected chi connectivity index (χ2v) is 15.5. The maximum absolute atomic E-state index is 12.7. The van der Waals surface area contributed by atoms with Crippen LogP contribution in [0.1, 0.15) is 188 Å². The smallest absolute Gasteiger partial charge is 0.306 e. The van der Waals surface area contributed by atoms with Crippen LogP contribution in [0.4, 0.5) is 0 Å². The highest BCUT2D eigenvalue weighted by Gasteiger charge is 2.19. The van der Waals surface area contributed by atoms with Gasteiger partial charge in [0.05, 0.1) is 0 Å². The van der Waals surface area contributed by atoms with Gasteiger partial charge in [-0.3, -0.25) is 14.4 Å². The molecule has 6 nitrogen and oxygen atoms in total. The van der Waals surface area contributed by atoms with E-state index in [1.807, 2.05) is 109 Å². The number of esters is 3. The highest BCUT2D eigenvalue weighted by atomic mass is 16.6. The molecule has 0 aromatic rings. The van der Waals surface area contributed by atoms with Crippen LogP contribution in [-0.2, 0) is 28.6 Å². The summed E-state index contributed by atoms with van der Waals surface area (Å²) < 4.78 is 16.6. The molecule has 0 N–H and O–H groups in total. The normalized spacial score (nSPS) is 13.2. The van der Waals surface area contributed by atoms with E-state index in [9.17, 15) is 14.4 Å². The minimum absolute atomic E-state index is 0.131.